The number of pyridine rings is 1. The van der Waals surface area contributed by atoms with E-state index in [0.29, 0.717) is 31.0 Å². The molecule has 7 heteroatoms. The van der Waals surface area contributed by atoms with Crippen LogP contribution in [0, 0.1) is 6.92 Å². The molecule has 0 unspecified atom stereocenters. The van der Waals surface area contributed by atoms with E-state index in [0.717, 1.165) is 29.8 Å². The molecule has 0 radical (unpaired) electrons. The zero-order valence-corrected chi connectivity index (χ0v) is 21.6. The minimum atomic E-state index is -0.688. The average molecular weight is 500 g/mol. The summed E-state index contributed by atoms with van der Waals surface area (Å²) in [4.78, 5) is 34.3. The quantitative estimate of drug-likeness (QED) is 0.247. The molecule has 0 aliphatic carbocycles. The number of aliphatic hydroxyl groups is 1. The Labute approximate surface area is 218 Å². The van der Waals surface area contributed by atoms with Crippen molar-refractivity contribution in [1.82, 2.24) is 14.8 Å². The number of ketones is 1. The molecule has 0 saturated carbocycles. The zero-order valence-electron chi connectivity index (χ0n) is 21.6. The molecule has 1 aliphatic rings. The van der Waals surface area contributed by atoms with Crippen molar-refractivity contribution in [2.75, 3.05) is 26.2 Å². The Morgan fingerprint density at radius 3 is 2.38 bits per heavy atom. The molecular formula is C30H33N3O4. The molecule has 7 nitrogen and oxygen atoms in total. The van der Waals surface area contributed by atoms with Gasteiger partial charge in [-0.05, 0) is 67.0 Å². The lowest BCUT2D eigenvalue weighted by atomic mass is 9.94. The van der Waals surface area contributed by atoms with Gasteiger partial charge in [0.05, 0.1) is 11.6 Å². The summed E-state index contributed by atoms with van der Waals surface area (Å²) in [5.41, 5.74) is 3.11. The van der Waals surface area contributed by atoms with Gasteiger partial charge in [-0.15, -0.1) is 0 Å². The number of amides is 1. The van der Waals surface area contributed by atoms with Crippen LogP contribution in [0.25, 0.3) is 5.76 Å². The van der Waals surface area contributed by atoms with Crippen LogP contribution in [-0.4, -0.2) is 57.8 Å². The number of hydrogen-bond donors (Lipinski definition) is 1. The number of aryl methyl sites for hydroxylation is 1. The van der Waals surface area contributed by atoms with Gasteiger partial charge in [-0.2, -0.15) is 0 Å². The smallest absolute Gasteiger partial charge is 0.295 e. The molecule has 4 rings (SSSR count). The van der Waals surface area contributed by atoms with Crippen LogP contribution in [0.15, 0.2) is 78.6 Å². The van der Waals surface area contributed by atoms with Crippen LogP contribution in [-0.2, 0) is 16.2 Å². The summed E-state index contributed by atoms with van der Waals surface area (Å²) in [6.45, 7) is 9.10. The summed E-state index contributed by atoms with van der Waals surface area (Å²) in [6.07, 6.45) is 3.26. The number of aromatic nitrogens is 1. The van der Waals surface area contributed by atoms with Crippen LogP contribution < -0.4 is 4.74 Å². The van der Waals surface area contributed by atoms with Crippen molar-refractivity contribution in [1.29, 1.82) is 0 Å². The minimum Gasteiger partial charge on any atom is -0.507 e. The van der Waals surface area contributed by atoms with Crippen molar-refractivity contribution in [2.24, 2.45) is 0 Å². The van der Waals surface area contributed by atoms with E-state index < -0.39 is 17.7 Å². The van der Waals surface area contributed by atoms with E-state index in [4.69, 9.17) is 4.74 Å². The van der Waals surface area contributed by atoms with Crippen molar-refractivity contribution >= 4 is 17.4 Å². The number of hydrogen-bond acceptors (Lipinski definition) is 6. The zero-order chi connectivity index (χ0) is 26.4. The van der Waals surface area contributed by atoms with Crippen LogP contribution in [0.5, 0.6) is 5.75 Å². The Kier molecular flexibility index (Phi) is 8.36. The van der Waals surface area contributed by atoms with Gasteiger partial charge in [-0.25, -0.2) is 0 Å². The lowest BCUT2D eigenvalue weighted by Gasteiger charge is -2.28. The first-order valence-corrected chi connectivity index (χ1v) is 12.6. The lowest BCUT2D eigenvalue weighted by Crippen LogP contribution is -2.38. The predicted molar refractivity (Wildman–Crippen MR) is 143 cm³/mol. The molecular weight excluding hydrogens is 466 g/mol. The number of carbonyl (C=O) groups is 2. The molecule has 1 amide bonds. The molecule has 1 atom stereocenters. The number of benzene rings is 2. The number of nitrogens with zero attached hydrogens (tertiary/aromatic N) is 3. The fraction of sp³-hybridized carbons (Fsp3) is 0.300. The van der Waals surface area contributed by atoms with Crippen LogP contribution in [0.4, 0.5) is 0 Å². The Morgan fingerprint density at radius 1 is 1.03 bits per heavy atom. The number of ether oxygens (including phenoxy) is 1. The highest BCUT2D eigenvalue weighted by molar-refractivity contribution is 6.46. The standard InChI is InChI=1S/C30H33N3O4/c1-4-32(5-2)17-18-33-27(23-13-15-31-16-14-23)26(29(35)30(33)36)28(34)25-12-11-24(19-21(25)3)37-20-22-9-7-6-8-10-22/h6-16,19,27,34H,4-5,17-18,20H2,1-3H3/b28-26+/t27-/m1/s1. The van der Waals surface area contributed by atoms with E-state index in [-0.39, 0.29) is 11.3 Å². The van der Waals surface area contributed by atoms with Crippen molar-refractivity contribution in [2.45, 2.75) is 33.4 Å². The van der Waals surface area contributed by atoms with Crippen LogP contribution >= 0.6 is 0 Å². The Morgan fingerprint density at radius 2 is 1.73 bits per heavy atom. The van der Waals surface area contributed by atoms with Crippen molar-refractivity contribution in [3.63, 3.8) is 0 Å². The fourth-order valence-electron chi connectivity index (χ4n) is 4.67. The largest absolute Gasteiger partial charge is 0.507 e. The first-order valence-electron chi connectivity index (χ1n) is 12.6. The van der Waals surface area contributed by atoms with E-state index in [1.165, 1.54) is 0 Å². The summed E-state index contributed by atoms with van der Waals surface area (Å²) in [5, 5.41) is 11.4. The van der Waals surface area contributed by atoms with Gasteiger partial charge in [0.2, 0.25) is 0 Å². The molecule has 192 valence electrons. The van der Waals surface area contributed by atoms with E-state index in [1.54, 1.807) is 41.6 Å². The second-order valence-electron chi connectivity index (χ2n) is 9.05. The number of aliphatic hydroxyl groups excluding tert-OH is 1. The third kappa shape index (κ3) is 5.73. The van der Waals surface area contributed by atoms with E-state index in [9.17, 15) is 14.7 Å². The van der Waals surface area contributed by atoms with Gasteiger partial charge in [0, 0.05) is 31.0 Å². The maximum atomic E-state index is 13.3. The highest BCUT2D eigenvalue weighted by atomic mass is 16.5. The third-order valence-corrected chi connectivity index (χ3v) is 6.81. The Balaban J connectivity index is 1.67. The summed E-state index contributed by atoms with van der Waals surface area (Å²) in [5.74, 6) is -0.806. The average Bonchev–Trinajstić information content (AvgIpc) is 3.18. The molecule has 0 bridgehead atoms. The molecule has 1 fully saturated rings. The second kappa shape index (κ2) is 11.8. The second-order valence-corrected chi connectivity index (χ2v) is 9.05. The maximum absolute atomic E-state index is 13.3. The number of likely N-dealkylation sites (N-methyl/N-ethyl adjacent to an activating group) is 1. The molecule has 37 heavy (non-hydrogen) atoms. The van der Waals surface area contributed by atoms with Crippen LogP contribution in [0.2, 0.25) is 0 Å². The summed E-state index contributed by atoms with van der Waals surface area (Å²) < 4.78 is 5.92. The molecule has 1 saturated heterocycles. The monoisotopic (exact) mass is 499 g/mol. The molecule has 3 aromatic rings. The molecule has 1 N–H and O–H groups in total. The third-order valence-electron chi connectivity index (χ3n) is 6.81. The van der Waals surface area contributed by atoms with E-state index in [1.807, 2.05) is 43.3 Å². The van der Waals surface area contributed by atoms with Crippen molar-refractivity contribution in [3.8, 4) is 5.75 Å². The van der Waals surface area contributed by atoms with Crippen LogP contribution in [0.3, 0.4) is 0 Å². The molecule has 1 aliphatic heterocycles. The van der Waals surface area contributed by atoms with Crippen LogP contribution in [0.1, 0.15) is 42.1 Å². The van der Waals surface area contributed by atoms with Gasteiger partial charge in [-0.1, -0.05) is 44.2 Å². The maximum Gasteiger partial charge on any atom is 0.295 e. The Bertz CT molecular complexity index is 1270. The van der Waals surface area contributed by atoms with Gasteiger partial charge in [0.15, 0.2) is 0 Å². The van der Waals surface area contributed by atoms with Gasteiger partial charge >= 0.3 is 0 Å². The minimum absolute atomic E-state index is 0.0943. The van der Waals surface area contributed by atoms with Gasteiger partial charge in [0.25, 0.3) is 11.7 Å². The van der Waals surface area contributed by atoms with Gasteiger partial charge in [-0.3, -0.25) is 14.6 Å². The number of likely N-dealkylation sites (tertiary alicyclic amines) is 1. The van der Waals surface area contributed by atoms with Gasteiger partial charge < -0.3 is 19.6 Å². The number of carbonyl (C=O) groups excluding carboxylic acids is 2. The highest BCUT2D eigenvalue weighted by Gasteiger charge is 2.46. The lowest BCUT2D eigenvalue weighted by molar-refractivity contribution is -0.140. The first-order chi connectivity index (χ1) is 17.9. The summed E-state index contributed by atoms with van der Waals surface area (Å²) in [6, 6.07) is 18.1. The first kappa shape index (κ1) is 26.1. The van der Waals surface area contributed by atoms with Crippen molar-refractivity contribution in [3.05, 3.63) is 101 Å². The van der Waals surface area contributed by atoms with E-state index in [2.05, 4.69) is 23.7 Å². The molecule has 2 heterocycles. The number of rotatable bonds is 10. The summed E-state index contributed by atoms with van der Waals surface area (Å²) in [7, 11) is 0. The van der Waals surface area contributed by atoms with Gasteiger partial charge in [0.1, 0.15) is 18.1 Å². The molecule has 1 aromatic heterocycles. The fourth-order valence-corrected chi connectivity index (χ4v) is 4.67. The number of Topliss-reactive ketones (excluding diaryl/α,β-unsaturated/α-hetero) is 1. The van der Waals surface area contributed by atoms with Crippen molar-refractivity contribution < 1.29 is 19.4 Å². The Hall–Kier alpha value is -3.97. The predicted octanol–water partition coefficient (Wildman–Crippen LogP) is 4.73. The highest BCUT2D eigenvalue weighted by Crippen LogP contribution is 2.39. The topological polar surface area (TPSA) is 83.0 Å². The van der Waals surface area contributed by atoms with E-state index >= 15 is 0 Å². The molecule has 0 spiro atoms. The normalized spacial score (nSPS) is 17.0. The summed E-state index contributed by atoms with van der Waals surface area (Å²) >= 11 is 0. The SMILES string of the molecule is CCN(CC)CCN1C(=O)C(=O)/C(=C(/O)c2ccc(OCc3ccccc3)cc2C)[C@H]1c1ccncc1. The molecule has 2 aromatic carbocycles.